The lowest BCUT2D eigenvalue weighted by Crippen LogP contribution is -2.15. The summed E-state index contributed by atoms with van der Waals surface area (Å²) < 4.78 is 38.9. The smallest absolute Gasteiger partial charge is 0.303 e. The number of benzene rings is 2. The average Bonchev–Trinajstić information content (AvgIpc) is 2.65. The average molecular weight is 436 g/mol. The third-order valence-corrected chi connectivity index (χ3v) is 5.38. The fraction of sp³-hybridized carbons (Fsp3) is 0.300. The zero-order chi connectivity index (χ0) is 22.3. The van der Waals surface area contributed by atoms with Crippen molar-refractivity contribution in [3.63, 3.8) is 0 Å². The molecule has 0 aliphatic carbocycles. The summed E-state index contributed by atoms with van der Waals surface area (Å²) in [4.78, 5) is 21.8. The third-order valence-electron chi connectivity index (χ3n) is 4.01. The fourth-order valence-corrected chi connectivity index (χ4v) is 3.77. The number of aryl methyl sites for hydroxylation is 1. The van der Waals surface area contributed by atoms with Crippen molar-refractivity contribution in [1.29, 1.82) is 0 Å². The highest BCUT2D eigenvalue weighted by molar-refractivity contribution is 7.92. The first-order chi connectivity index (χ1) is 14.1. The fourth-order valence-electron chi connectivity index (χ4n) is 2.63. The van der Waals surface area contributed by atoms with Crippen molar-refractivity contribution in [3.05, 3.63) is 42.0 Å². The number of carbonyl (C=O) groups is 2. The minimum atomic E-state index is -3.94. The molecule has 3 N–H and O–H groups in total. The number of amides is 1. The normalized spacial score (nSPS) is 10.9. The zero-order valence-electron chi connectivity index (χ0n) is 16.9. The van der Waals surface area contributed by atoms with E-state index in [0.717, 1.165) is 0 Å². The molecule has 0 fully saturated rings. The molecule has 1 amide bonds. The lowest BCUT2D eigenvalue weighted by atomic mass is 10.2. The van der Waals surface area contributed by atoms with Crippen LogP contribution in [0.2, 0.25) is 0 Å². The summed E-state index contributed by atoms with van der Waals surface area (Å²) in [6, 6.07) is 8.98. The highest BCUT2D eigenvalue weighted by Gasteiger charge is 2.18. The third kappa shape index (κ3) is 6.38. The van der Waals surface area contributed by atoms with Crippen LogP contribution < -0.4 is 19.5 Å². The maximum Gasteiger partial charge on any atom is 0.303 e. The number of carboxylic acid groups (broad SMARTS) is 1. The number of aliphatic carboxylic acids is 1. The second-order valence-corrected chi connectivity index (χ2v) is 8.16. The number of methoxy groups -OCH3 is 1. The Morgan fingerprint density at radius 1 is 1.10 bits per heavy atom. The Kier molecular flexibility index (Phi) is 7.65. The first-order valence-electron chi connectivity index (χ1n) is 9.06. The van der Waals surface area contributed by atoms with Crippen molar-refractivity contribution in [1.82, 2.24) is 0 Å². The number of anilines is 2. The van der Waals surface area contributed by atoms with Crippen molar-refractivity contribution in [2.75, 3.05) is 23.8 Å². The molecule has 0 atom stereocenters. The first kappa shape index (κ1) is 23.0. The van der Waals surface area contributed by atoms with Gasteiger partial charge in [-0.1, -0.05) is 0 Å². The summed E-state index contributed by atoms with van der Waals surface area (Å²) in [5.41, 5.74) is 1.19. The van der Waals surface area contributed by atoms with E-state index in [1.165, 1.54) is 38.3 Å². The van der Waals surface area contributed by atoms with Gasteiger partial charge in [-0.25, -0.2) is 8.42 Å². The van der Waals surface area contributed by atoms with E-state index in [2.05, 4.69) is 10.0 Å². The Morgan fingerprint density at radius 2 is 1.80 bits per heavy atom. The van der Waals surface area contributed by atoms with E-state index in [0.29, 0.717) is 29.2 Å². The Bertz CT molecular complexity index is 1040. The van der Waals surface area contributed by atoms with Gasteiger partial charge in [0.2, 0.25) is 5.91 Å². The van der Waals surface area contributed by atoms with Crippen LogP contribution in [0.25, 0.3) is 0 Å². The van der Waals surface area contributed by atoms with Crippen LogP contribution in [0.1, 0.15) is 25.3 Å². The molecule has 2 aromatic carbocycles. The number of rotatable bonds is 10. The van der Waals surface area contributed by atoms with Gasteiger partial charge in [-0.2, -0.15) is 0 Å². The number of ether oxygens (including phenoxy) is 2. The monoisotopic (exact) mass is 436 g/mol. The molecule has 0 aliphatic rings. The molecule has 0 aliphatic heterocycles. The topological polar surface area (TPSA) is 131 Å². The molecular formula is C20H24N2O7S. The molecular weight excluding hydrogens is 412 g/mol. The summed E-state index contributed by atoms with van der Waals surface area (Å²) in [5, 5.41) is 11.2. The van der Waals surface area contributed by atoms with Crippen molar-refractivity contribution in [2.45, 2.75) is 31.6 Å². The number of hydrogen-bond acceptors (Lipinski definition) is 6. The van der Waals surface area contributed by atoms with Crippen LogP contribution in [0, 0.1) is 6.92 Å². The lowest BCUT2D eigenvalue weighted by molar-refractivity contribution is -0.137. The van der Waals surface area contributed by atoms with Gasteiger partial charge in [0.25, 0.3) is 10.0 Å². The van der Waals surface area contributed by atoms with E-state index in [9.17, 15) is 18.0 Å². The Morgan fingerprint density at radius 3 is 2.40 bits per heavy atom. The van der Waals surface area contributed by atoms with Gasteiger partial charge >= 0.3 is 5.97 Å². The molecule has 0 saturated heterocycles. The van der Waals surface area contributed by atoms with E-state index < -0.39 is 16.0 Å². The van der Waals surface area contributed by atoms with Gasteiger partial charge in [-0.15, -0.1) is 0 Å². The molecule has 30 heavy (non-hydrogen) atoms. The van der Waals surface area contributed by atoms with Gasteiger partial charge in [0.05, 0.1) is 24.3 Å². The predicted molar refractivity (Wildman–Crippen MR) is 112 cm³/mol. The van der Waals surface area contributed by atoms with Crippen molar-refractivity contribution in [3.8, 4) is 11.5 Å². The highest BCUT2D eigenvalue weighted by Crippen LogP contribution is 2.31. The second-order valence-electron chi connectivity index (χ2n) is 6.47. The summed E-state index contributed by atoms with van der Waals surface area (Å²) in [6.45, 7) is 3.26. The van der Waals surface area contributed by atoms with E-state index in [4.69, 9.17) is 14.6 Å². The molecule has 0 aromatic heterocycles. The van der Waals surface area contributed by atoms with Crippen molar-refractivity contribution in [2.24, 2.45) is 0 Å². The SMILES string of the molecule is COc1ccc(NC(C)=O)cc1NS(=O)(=O)c1ccc(OCCCC(=O)O)c(C)c1. The largest absolute Gasteiger partial charge is 0.495 e. The maximum atomic E-state index is 12.8. The van der Waals surface area contributed by atoms with Crippen LogP contribution in [0.5, 0.6) is 11.5 Å². The number of hydrogen-bond donors (Lipinski definition) is 3. The summed E-state index contributed by atoms with van der Waals surface area (Å²) >= 11 is 0. The number of carbonyl (C=O) groups excluding carboxylic acids is 1. The van der Waals surface area contributed by atoms with Gasteiger partial charge < -0.3 is 19.9 Å². The predicted octanol–water partition coefficient (Wildman–Crippen LogP) is 3.01. The molecule has 0 unspecified atom stereocenters. The van der Waals surface area contributed by atoms with Crippen molar-refractivity contribution >= 4 is 33.3 Å². The van der Waals surface area contributed by atoms with Crippen molar-refractivity contribution < 1.29 is 32.6 Å². The molecule has 2 rings (SSSR count). The molecule has 2 aromatic rings. The molecule has 0 spiro atoms. The number of carboxylic acids is 1. The van der Waals surface area contributed by atoms with Gasteiger partial charge in [-0.3, -0.25) is 14.3 Å². The number of nitrogens with one attached hydrogen (secondary N) is 2. The van der Waals surface area contributed by atoms with E-state index >= 15 is 0 Å². The standard InChI is InChI=1S/C20H24N2O7S/c1-13-11-16(7-9-18(13)29-10-4-5-20(24)25)30(26,27)22-17-12-15(21-14(2)23)6-8-19(17)28-3/h6-9,11-12,22H,4-5,10H2,1-3H3,(H,21,23)(H,24,25). The summed E-state index contributed by atoms with van der Waals surface area (Å²) in [7, 11) is -2.53. The Hall–Kier alpha value is -3.27. The van der Waals surface area contributed by atoms with Crippen LogP contribution in [-0.2, 0) is 19.6 Å². The summed E-state index contributed by atoms with van der Waals surface area (Å²) in [5.74, 6) is -0.420. The quantitative estimate of drug-likeness (QED) is 0.488. The second kappa shape index (κ2) is 9.97. The number of sulfonamides is 1. The van der Waals surface area contributed by atoms with Crippen LogP contribution in [-0.4, -0.2) is 39.1 Å². The molecule has 0 radical (unpaired) electrons. The van der Waals surface area contributed by atoms with Gasteiger partial charge in [0.1, 0.15) is 11.5 Å². The van der Waals surface area contributed by atoms with Gasteiger partial charge in [0, 0.05) is 19.0 Å². The van der Waals surface area contributed by atoms with Crippen LogP contribution in [0.15, 0.2) is 41.3 Å². The minimum Gasteiger partial charge on any atom is -0.495 e. The summed E-state index contributed by atoms with van der Waals surface area (Å²) in [6.07, 6.45) is 0.343. The van der Waals surface area contributed by atoms with Crippen LogP contribution in [0.3, 0.4) is 0 Å². The molecule has 10 heteroatoms. The van der Waals surface area contributed by atoms with Gasteiger partial charge in [0.15, 0.2) is 0 Å². The van der Waals surface area contributed by atoms with E-state index in [1.54, 1.807) is 19.1 Å². The molecule has 162 valence electrons. The molecule has 0 heterocycles. The first-order valence-corrected chi connectivity index (χ1v) is 10.5. The van der Waals surface area contributed by atoms with Gasteiger partial charge in [-0.05, 0) is 55.3 Å². The molecule has 9 nitrogen and oxygen atoms in total. The van der Waals surface area contributed by atoms with Crippen LogP contribution in [0.4, 0.5) is 11.4 Å². The highest BCUT2D eigenvalue weighted by atomic mass is 32.2. The Labute approximate surface area is 175 Å². The zero-order valence-corrected chi connectivity index (χ0v) is 17.7. The van der Waals surface area contributed by atoms with E-state index in [-0.39, 0.29) is 29.5 Å². The molecule has 0 saturated carbocycles. The molecule has 0 bridgehead atoms. The van der Waals surface area contributed by atoms with Crippen LogP contribution >= 0.6 is 0 Å². The van der Waals surface area contributed by atoms with E-state index in [1.807, 2.05) is 0 Å². The minimum absolute atomic E-state index is 0.00515. The Balaban J connectivity index is 2.20. The lowest BCUT2D eigenvalue weighted by Gasteiger charge is -2.15. The maximum absolute atomic E-state index is 12.8.